The number of rotatable bonds is 3. The van der Waals surface area contributed by atoms with Crippen molar-refractivity contribution in [2.24, 2.45) is 0 Å². The number of hydrogen-bond donors (Lipinski definition) is 2. The molecule has 25 heavy (non-hydrogen) atoms. The Labute approximate surface area is 144 Å². The van der Waals surface area contributed by atoms with Crippen LogP contribution in [0.15, 0.2) is 42.7 Å². The Morgan fingerprint density at radius 2 is 2.04 bits per heavy atom. The normalized spacial score (nSPS) is 11.5. The molecule has 6 heteroatoms. The van der Waals surface area contributed by atoms with Crippen LogP contribution in [0.5, 0.6) is 0 Å². The number of carbonyl (C=O) groups excluding carboxylic acids is 1. The number of aromatic nitrogens is 4. The molecule has 4 rings (SSSR count). The van der Waals surface area contributed by atoms with Gasteiger partial charge < -0.3 is 10.3 Å². The van der Waals surface area contributed by atoms with Crippen molar-refractivity contribution < 1.29 is 4.79 Å². The van der Waals surface area contributed by atoms with Crippen molar-refractivity contribution in [2.45, 2.75) is 26.8 Å². The summed E-state index contributed by atoms with van der Waals surface area (Å²) in [4.78, 5) is 20.5. The van der Waals surface area contributed by atoms with Gasteiger partial charge in [0.1, 0.15) is 0 Å². The average Bonchev–Trinajstić information content (AvgIpc) is 3.14. The van der Waals surface area contributed by atoms with Gasteiger partial charge in [0.15, 0.2) is 5.65 Å². The number of nitrogens with zero attached hydrogens (tertiary/aromatic N) is 3. The van der Waals surface area contributed by atoms with Gasteiger partial charge in [-0.15, -0.1) is 0 Å². The molecule has 0 atom stereocenters. The van der Waals surface area contributed by atoms with Crippen molar-refractivity contribution in [1.29, 1.82) is 0 Å². The van der Waals surface area contributed by atoms with Gasteiger partial charge in [-0.1, -0.05) is 18.2 Å². The van der Waals surface area contributed by atoms with Crippen molar-refractivity contribution in [3.8, 4) is 0 Å². The van der Waals surface area contributed by atoms with E-state index in [1.165, 1.54) is 0 Å². The predicted octanol–water partition coefficient (Wildman–Crippen LogP) is 4.05. The highest BCUT2D eigenvalue weighted by Crippen LogP contribution is 2.24. The number of hydrogen-bond acceptors (Lipinski definition) is 3. The molecule has 0 spiro atoms. The maximum Gasteiger partial charge on any atom is 0.258 e. The van der Waals surface area contributed by atoms with Gasteiger partial charge in [0, 0.05) is 28.0 Å². The summed E-state index contributed by atoms with van der Waals surface area (Å²) >= 11 is 0. The number of aryl methyl sites for hydroxylation is 1. The van der Waals surface area contributed by atoms with Crippen molar-refractivity contribution >= 4 is 33.5 Å². The fourth-order valence-corrected chi connectivity index (χ4v) is 3.15. The van der Waals surface area contributed by atoms with Crippen LogP contribution in [0.25, 0.3) is 21.9 Å². The average molecular weight is 333 g/mol. The summed E-state index contributed by atoms with van der Waals surface area (Å²) in [5.41, 5.74) is 3.94. The molecule has 6 nitrogen and oxygen atoms in total. The minimum Gasteiger partial charge on any atom is -0.358 e. The topological polar surface area (TPSA) is 75.6 Å². The smallest absolute Gasteiger partial charge is 0.258 e. The fraction of sp³-hybridized carbons (Fsp3) is 0.211. The van der Waals surface area contributed by atoms with E-state index in [0.717, 1.165) is 27.6 Å². The van der Waals surface area contributed by atoms with Crippen LogP contribution >= 0.6 is 0 Å². The lowest BCUT2D eigenvalue weighted by atomic mass is 10.1. The lowest BCUT2D eigenvalue weighted by Gasteiger charge is -2.08. The Morgan fingerprint density at radius 1 is 1.24 bits per heavy atom. The molecule has 0 bridgehead atoms. The van der Waals surface area contributed by atoms with E-state index in [1.54, 1.807) is 12.4 Å². The Hall–Kier alpha value is -3.15. The molecule has 1 aromatic carbocycles. The van der Waals surface area contributed by atoms with Crippen LogP contribution in [0, 0.1) is 6.92 Å². The number of nitrogens with one attached hydrogen (secondary N) is 2. The number of para-hydroxylation sites is 1. The van der Waals surface area contributed by atoms with Crippen LogP contribution in [0.1, 0.15) is 35.9 Å². The summed E-state index contributed by atoms with van der Waals surface area (Å²) in [7, 11) is 0. The molecular formula is C19H19N5O. The van der Waals surface area contributed by atoms with Crippen LogP contribution in [0.2, 0.25) is 0 Å². The SMILES string of the molecule is Cc1[nH]c2ccccc2c1C(=O)Nc1cnc2c(cnn2C(C)C)c1. The molecule has 0 fully saturated rings. The highest BCUT2D eigenvalue weighted by Gasteiger charge is 2.16. The van der Waals surface area contributed by atoms with Crippen molar-refractivity contribution in [2.75, 3.05) is 5.32 Å². The minimum atomic E-state index is -0.146. The van der Waals surface area contributed by atoms with Gasteiger partial charge in [-0.05, 0) is 32.9 Å². The molecule has 3 heterocycles. The van der Waals surface area contributed by atoms with Crippen molar-refractivity contribution in [3.63, 3.8) is 0 Å². The highest BCUT2D eigenvalue weighted by molar-refractivity contribution is 6.14. The molecule has 3 aromatic heterocycles. The third-order valence-corrected chi connectivity index (χ3v) is 4.30. The van der Waals surface area contributed by atoms with Crippen LogP contribution < -0.4 is 5.32 Å². The van der Waals surface area contributed by atoms with E-state index in [-0.39, 0.29) is 11.9 Å². The fourth-order valence-electron chi connectivity index (χ4n) is 3.15. The molecule has 4 aromatic rings. The van der Waals surface area contributed by atoms with Gasteiger partial charge in [-0.3, -0.25) is 4.79 Å². The molecule has 0 aliphatic heterocycles. The van der Waals surface area contributed by atoms with Gasteiger partial charge in [-0.2, -0.15) is 5.10 Å². The first-order valence-electron chi connectivity index (χ1n) is 8.26. The lowest BCUT2D eigenvalue weighted by molar-refractivity contribution is 0.102. The van der Waals surface area contributed by atoms with Gasteiger partial charge in [0.05, 0.1) is 23.6 Å². The molecule has 2 N–H and O–H groups in total. The summed E-state index contributed by atoms with van der Waals surface area (Å²) in [5, 5.41) is 9.13. The third-order valence-electron chi connectivity index (χ3n) is 4.30. The highest BCUT2D eigenvalue weighted by atomic mass is 16.1. The summed E-state index contributed by atoms with van der Waals surface area (Å²) in [6.45, 7) is 6.02. The lowest BCUT2D eigenvalue weighted by Crippen LogP contribution is -2.13. The number of fused-ring (bicyclic) bond motifs is 2. The Morgan fingerprint density at radius 3 is 2.84 bits per heavy atom. The van der Waals surface area contributed by atoms with E-state index in [0.29, 0.717) is 11.3 Å². The zero-order valence-corrected chi connectivity index (χ0v) is 14.4. The summed E-state index contributed by atoms with van der Waals surface area (Å²) < 4.78 is 1.87. The van der Waals surface area contributed by atoms with E-state index in [1.807, 2.05) is 41.9 Å². The molecule has 126 valence electrons. The zero-order chi connectivity index (χ0) is 17.6. The Balaban J connectivity index is 1.68. The van der Waals surface area contributed by atoms with Crippen LogP contribution in [-0.4, -0.2) is 25.7 Å². The molecule has 0 unspecified atom stereocenters. The van der Waals surface area contributed by atoms with Crippen LogP contribution in [0.4, 0.5) is 5.69 Å². The molecular weight excluding hydrogens is 314 g/mol. The monoisotopic (exact) mass is 333 g/mol. The number of carbonyl (C=O) groups is 1. The van der Waals surface area contributed by atoms with Gasteiger partial charge in [-0.25, -0.2) is 9.67 Å². The number of H-pyrrole nitrogens is 1. The molecule has 0 saturated carbocycles. The van der Waals surface area contributed by atoms with Gasteiger partial charge in [0.25, 0.3) is 5.91 Å². The summed E-state index contributed by atoms with van der Waals surface area (Å²) in [6, 6.07) is 9.93. The second kappa shape index (κ2) is 5.73. The Kier molecular flexibility index (Phi) is 3.53. The predicted molar refractivity (Wildman–Crippen MR) is 98.9 cm³/mol. The first-order chi connectivity index (χ1) is 12.0. The standard InChI is InChI=1S/C19H19N5O/c1-11(2)24-18-13(9-21-24)8-14(10-20-18)23-19(25)17-12(3)22-16-7-5-4-6-15(16)17/h4-11,22H,1-3H3,(H,23,25). The maximum atomic E-state index is 12.8. The van der Waals surface area contributed by atoms with Crippen molar-refractivity contribution in [3.05, 3.63) is 54.0 Å². The molecule has 0 saturated heterocycles. The van der Waals surface area contributed by atoms with E-state index in [9.17, 15) is 4.79 Å². The number of benzene rings is 1. The van der Waals surface area contributed by atoms with Crippen LogP contribution in [-0.2, 0) is 0 Å². The number of amides is 1. The van der Waals surface area contributed by atoms with Crippen LogP contribution in [0.3, 0.4) is 0 Å². The number of pyridine rings is 1. The largest absolute Gasteiger partial charge is 0.358 e. The molecule has 0 aliphatic rings. The van der Waals surface area contributed by atoms with Gasteiger partial charge >= 0.3 is 0 Å². The molecule has 0 radical (unpaired) electrons. The summed E-state index contributed by atoms with van der Waals surface area (Å²) in [5.74, 6) is -0.146. The van der Waals surface area contributed by atoms with E-state index < -0.39 is 0 Å². The van der Waals surface area contributed by atoms with E-state index >= 15 is 0 Å². The maximum absolute atomic E-state index is 12.8. The molecule has 1 amide bonds. The Bertz CT molecular complexity index is 1090. The minimum absolute atomic E-state index is 0.146. The second-order valence-corrected chi connectivity index (χ2v) is 6.44. The van der Waals surface area contributed by atoms with E-state index in [2.05, 4.69) is 34.2 Å². The van der Waals surface area contributed by atoms with E-state index in [4.69, 9.17) is 0 Å². The van der Waals surface area contributed by atoms with Gasteiger partial charge in [0.2, 0.25) is 0 Å². The number of aromatic amines is 1. The quantitative estimate of drug-likeness (QED) is 0.594. The third kappa shape index (κ3) is 2.55. The first kappa shape index (κ1) is 15.4. The zero-order valence-electron chi connectivity index (χ0n) is 14.4. The number of anilines is 1. The van der Waals surface area contributed by atoms with Crippen molar-refractivity contribution in [1.82, 2.24) is 19.7 Å². The summed E-state index contributed by atoms with van der Waals surface area (Å²) in [6.07, 6.45) is 3.44. The molecule has 0 aliphatic carbocycles. The second-order valence-electron chi connectivity index (χ2n) is 6.44. The first-order valence-corrected chi connectivity index (χ1v) is 8.26.